The maximum atomic E-state index is 10.5. The standard InChI is InChI=1S/C13H18O2/c1-10(2)9-12-6-4-3-5-11(12)7-8-13(14)15/h3-6,10H,7-9H2,1-2H3,(H,14,15). The molecule has 0 aliphatic heterocycles. The van der Waals surface area contributed by atoms with E-state index in [4.69, 9.17) is 5.11 Å². The zero-order chi connectivity index (χ0) is 11.3. The average Bonchev–Trinajstić information content (AvgIpc) is 2.15. The molecule has 2 heteroatoms. The fourth-order valence-corrected chi connectivity index (χ4v) is 1.68. The zero-order valence-corrected chi connectivity index (χ0v) is 9.36. The molecule has 0 aliphatic carbocycles. The summed E-state index contributed by atoms with van der Waals surface area (Å²) in [4.78, 5) is 10.5. The van der Waals surface area contributed by atoms with Crippen molar-refractivity contribution in [2.75, 3.05) is 0 Å². The van der Waals surface area contributed by atoms with E-state index >= 15 is 0 Å². The summed E-state index contributed by atoms with van der Waals surface area (Å²) in [5, 5.41) is 8.65. The van der Waals surface area contributed by atoms with Crippen LogP contribution < -0.4 is 0 Å². The second-order valence-electron chi connectivity index (χ2n) is 4.26. The molecule has 1 N–H and O–H groups in total. The summed E-state index contributed by atoms with van der Waals surface area (Å²) in [5.41, 5.74) is 2.46. The molecule has 1 aromatic rings. The van der Waals surface area contributed by atoms with Crippen LogP contribution in [0.3, 0.4) is 0 Å². The SMILES string of the molecule is CC(C)Cc1ccccc1CCC(=O)O. The highest BCUT2D eigenvalue weighted by atomic mass is 16.4. The summed E-state index contributed by atoms with van der Waals surface area (Å²) in [7, 11) is 0. The average molecular weight is 206 g/mol. The normalized spacial score (nSPS) is 10.6. The molecule has 0 amide bonds. The highest BCUT2D eigenvalue weighted by Gasteiger charge is 2.05. The molecule has 2 nitrogen and oxygen atoms in total. The third-order valence-electron chi connectivity index (χ3n) is 2.35. The second kappa shape index (κ2) is 5.54. The lowest BCUT2D eigenvalue weighted by Gasteiger charge is -2.10. The van der Waals surface area contributed by atoms with Crippen molar-refractivity contribution in [2.45, 2.75) is 33.1 Å². The van der Waals surface area contributed by atoms with E-state index in [9.17, 15) is 4.79 Å². The Morgan fingerprint density at radius 1 is 1.27 bits per heavy atom. The van der Waals surface area contributed by atoms with Gasteiger partial charge in [0.2, 0.25) is 0 Å². The molecule has 15 heavy (non-hydrogen) atoms. The van der Waals surface area contributed by atoms with E-state index in [1.807, 2.05) is 18.2 Å². The third kappa shape index (κ3) is 4.15. The van der Waals surface area contributed by atoms with E-state index in [1.54, 1.807) is 0 Å². The smallest absolute Gasteiger partial charge is 0.303 e. The van der Waals surface area contributed by atoms with Gasteiger partial charge in [-0.1, -0.05) is 38.1 Å². The number of aryl methyl sites for hydroxylation is 1. The van der Waals surface area contributed by atoms with Gasteiger partial charge in [-0.3, -0.25) is 4.79 Å². The van der Waals surface area contributed by atoms with Gasteiger partial charge in [-0.25, -0.2) is 0 Å². The van der Waals surface area contributed by atoms with Crippen LogP contribution in [0, 0.1) is 5.92 Å². The van der Waals surface area contributed by atoms with Crippen LogP contribution in [0.4, 0.5) is 0 Å². The third-order valence-corrected chi connectivity index (χ3v) is 2.35. The van der Waals surface area contributed by atoms with Crippen LogP contribution in [0.15, 0.2) is 24.3 Å². The molecule has 0 atom stereocenters. The van der Waals surface area contributed by atoms with Crippen molar-refractivity contribution in [3.05, 3.63) is 35.4 Å². The fourth-order valence-electron chi connectivity index (χ4n) is 1.68. The van der Waals surface area contributed by atoms with Crippen molar-refractivity contribution in [1.29, 1.82) is 0 Å². The van der Waals surface area contributed by atoms with Gasteiger partial charge in [-0.2, -0.15) is 0 Å². The number of benzene rings is 1. The molecule has 0 spiro atoms. The molecule has 0 heterocycles. The molecule has 0 unspecified atom stereocenters. The number of hydrogen-bond acceptors (Lipinski definition) is 1. The Morgan fingerprint density at radius 3 is 2.40 bits per heavy atom. The number of carboxylic acids is 1. The minimum absolute atomic E-state index is 0.217. The lowest BCUT2D eigenvalue weighted by Crippen LogP contribution is -2.02. The second-order valence-corrected chi connectivity index (χ2v) is 4.26. The quantitative estimate of drug-likeness (QED) is 0.804. The minimum atomic E-state index is -0.727. The van der Waals surface area contributed by atoms with Crippen molar-refractivity contribution < 1.29 is 9.90 Å². The molecule has 0 fully saturated rings. The lowest BCUT2D eigenvalue weighted by atomic mass is 9.95. The predicted molar refractivity (Wildman–Crippen MR) is 60.9 cm³/mol. The molecule has 0 aliphatic rings. The zero-order valence-electron chi connectivity index (χ0n) is 9.36. The molecule has 1 rings (SSSR count). The molecule has 82 valence electrons. The predicted octanol–water partition coefficient (Wildman–Crippen LogP) is 2.90. The van der Waals surface area contributed by atoms with Crippen molar-refractivity contribution in [3.63, 3.8) is 0 Å². The largest absolute Gasteiger partial charge is 0.481 e. The Bertz CT molecular complexity index is 329. The summed E-state index contributed by atoms with van der Waals surface area (Å²) in [6, 6.07) is 8.11. The number of carbonyl (C=O) groups is 1. The lowest BCUT2D eigenvalue weighted by molar-refractivity contribution is -0.136. The molecule has 0 saturated heterocycles. The Kier molecular flexibility index (Phi) is 4.35. The molecule has 1 aromatic carbocycles. The molecule has 0 radical (unpaired) electrons. The van der Waals surface area contributed by atoms with Crippen LogP contribution in [0.5, 0.6) is 0 Å². The molecular weight excluding hydrogens is 188 g/mol. The van der Waals surface area contributed by atoms with Crippen LogP contribution in [-0.2, 0) is 17.6 Å². The van der Waals surface area contributed by atoms with Gasteiger partial charge in [0.15, 0.2) is 0 Å². The van der Waals surface area contributed by atoms with Gasteiger partial charge >= 0.3 is 5.97 Å². The van der Waals surface area contributed by atoms with Crippen molar-refractivity contribution in [3.8, 4) is 0 Å². The molecule has 0 saturated carbocycles. The maximum Gasteiger partial charge on any atom is 0.303 e. The first-order valence-electron chi connectivity index (χ1n) is 5.38. The van der Waals surface area contributed by atoms with Gasteiger partial charge < -0.3 is 5.11 Å². The first-order chi connectivity index (χ1) is 7.09. The van der Waals surface area contributed by atoms with Crippen molar-refractivity contribution in [1.82, 2.24) is 0 Å². The minimum Gasteiger partial charge on any atom is -0.481 e. The first-order valence-corrected chi connectivity index (χ1v) is 5.38. The van der Waals surface area contributed by atoms with Gasteiger partial charge in [-0.15, -0.1) is 0 Å². The van der Waals surface area contributed by atoms with E-state index in [0.717, 1.165) is 6.42 Å². The molecule has 0 aromatic heterocycles. The van der Waals surface area contributed by atoms with Crippen LogP contribution in [-0.4, -0.2) is 11.1 Å². The monoisotopic (exact) mass is 206 g/mol. The van der Waals surface area contributed by atoms with Gasteiger partial charge in [0.05, 0.1) is 0 Å². The number of aliphatic carboxylic acids is 1. The van der Waals surface area contributed by atoms with E-state index in [1.165, 1.54) is 11.1 Å². The van der Waals surface area contributed by atoms with Crippen LogP contribution in [0.2, 0.25) is 0 Å². The van der Waals surface area contributed by atoms with E-state index < -0.39 is 5.97 Å². The Morgan fingerprint density at radius 2 is 1.87 bits per heavy atom. The molecular formula is C13H18O2. The number of hydrogen-bond donors (Lipinski definition) is 1. The topological polar surface area (TPSA) is 37.3 Å². The van der Waals surface area contributed by atoms with Gasteiger partial charge in [0, 0.05) is 6.42 Å². The maximum absolute atomic E-state index is 10.5. The summed E-state index contributed by atoms with van der Waals surface area (Å²) in [6.07, 6.45) is 1.88. The Balaban J connectivity index is 2.72. The summed E-state index contributed by atoms with van der Waals surface area (Å²) >= 11 is 0. The molecule has 0 bridgehead atoms. The van der Waals surface area contributed by atoms with Crippen LogP contribution in [0.1, 0.15) is 31.4 Å². The van der Waals surface area contributed by atoms with E-state index in [-0.39, 0.29) is 6.42 Å². The van der Waals surface area contributed by atoms with Crippen LogP contribution in [0.25, 0.3) is 0 Å². The van der Waals surface area contributed by atoms with Crippen molar-refractivity contribution >= 4 is 5.97 Å². The Hall–Kier alpha value is -1.31. The van der Waals surface area contributed by atoms with Crippen molar-refractivity contribution in [2.24, 2.45) is 5.92 Å². The summed E-state index contributed by atoms with van der Waals surface area (Å²) < 4.78 is 0. The van der Waals surface area contributed by atoms with E-state index in [0.29, 0.717) is 12.3 Å². The fraction of sp³-hybridized carbons (Fsp3) is 0.462. The number of rotatable bonds is 5. The van der Waals surface area contributed by atoms with Gasteiger partial charge in [0.1, 0.15) is 0 Å². The van der Waals surface area contributed by atoms with Gasteiger partial charge in [-0.05, 0) is 29.9 Å². The van der Waals surface area contributed by atoms with Crippen LogP contribution >= 0.6 is 0 Å². The van der Waals surface area contributed by atoms with E-state index in [2.05, 4.69) is 19.9 Å². The summed E-state index contributed by atoms with van der Waals surface area (Å²) in [5.74, 6) is -0.120. The Labute approximate surface area is 90.9 Å². The van der Waals surface area contributed by atoms with Gasteiger partial charge in [0.25, 0.3) is 0 Å². The first kappa shape index (κ1) is 11.8. The summed E-state index contributed by atoms with van der Waals surface area (Å²) in [6.45, 7) is 4.35. The number of carboxylic acid groups (broad SMARTS) is 1. The highest BCUT2D eigenvalue weighted by molar-refractivity contribution is 5.67. The highest BCUT2D eigenvalue weighted by Crippen LogP contribution is 2.15.